The predicted octanol–water partition coefficient (Wildman–Crippen LogP) is 3.85. The average Bonchev–Trinajstić information content (AvgIpc) is 3.31. The molecule has 1 saturated heterocycles. The first-order valence-corrected chi connectivity index (χ1v) is 11.9. The van der Waals surface area contributed by atoms with Gasteiger partial charge < -0.3 is 4.74 Å². The Kier molecular flexibility index (Phi) is 5.72. The largest absolute Gasteiger partial charge is 0.494 e. The standard InChI is InChI=1S/C23H25N3O3S/c1-3-29-22-10-9-18(13-17(22)2)23-19(14-24-20-11-12-30(27,28)16-20)15-26(25-23)21-7-5-4-6-8-21/h4-10,13-15,20H,3,11-12,16H2,1-2H3/t20-/m1/s1. The first kappa shape index (κ1) is 20.3. The lowest BCUT2D eigenvalue weighted by atomic mass is 10.1. The van der Waals surface area contributed by atoms with Gasteiger partial charge in [-0.15, -0.1) is 0 Å². The van der Waals surface area contributed by atoms with Crippen LogP contribution in [-0.2, 0) is 9.84 Å². The third-order valence-corrected chi connectivity index (χ3v) is 6.89. The molecule has 0 radical (unpaired) electrons. The maximum absolute atomic E-state index is 11.8. The molecule has 0 bridgehead atoms. The van der Waals surface area contributed by atoms with Gasteiger partial charge in [0.2, 0.25) is 0 Å². The van der Waals surface area contributed by atoms with Crippen LogP contribution in [0.3, 0.4) is 0 Å². The van der Waals surface area contributed by atoms with E-state index in [0.717, 1.165) is 33.8 Å². The molecule has 7 heteroatoms. The molecule has 156 valence electrons. The highest BCUT2D eigenvalue weighted by molar-refractivity contribution is 7.91. The number of ether oxygens (including phenoxy) is 1. The molecule has 1 fully saturated rings. The fraction of sp³-hybridized carbons (Fsp3) is 0.304. The Balaban J connectivity index is 1.72. The van der Waals surface area contributed by atoms with Crippen LogP contribution in [0.2, 0.25) is 0 Å². The fourth-order valence-corrected chi connectivity index (χ4v) is 5.25. The highest BCUT2D eigenvalue weighted by Crippen LogP contribution is 2.28. The third-order valence-electron chi connectivity index (χ3n) is 5.14. The van der Waals surface area contributed by atoms with Gasteiger partial charge in [-0.3, -0.25) is 4.99 Å². The SMILES string of the molecule is CCOc1ccc(-c2nn(-c3ccccc3)cc2C=N[C@@H]2CCS(=O)(=O)C2)cc1C. The van der Waals surface area contributed by atoms with Crippen molar-refractivity contribution in [2.45, 2.75) is 26.3 Å². The molecular formula is C23H25N3O3S. The van der Waals surface area contributed by atoms with Crippen LogP contribution >= 0.6 is 0 Å². The van der Waals surface area contributed by atoms with Crippen molar-refractivity contribution in [1.82, 2.24) is 9.78 Å². The summed E-state index contributed by atoms with van der Waals surface area (Å²) in [6.07, 6.45) is 4.27. The normalized spacial score (nSPS) is 18.1. The Labute approximate surface area is 177 Å². The number of sulfone groups is 1. The van der Waals surface area contributed by atoms with E-state index >= 15 is 0 Å². The molecule has 1 aliphatic rings. The van der Waals surface area contributed by atoms with Crippen molar-refractivity contribution >= 4 is 16.1 Å². The highest BCUT2D eigenvalue weighted by Gasteiger charge is 2.27. The molecular weight excluding hydrogens is 398 g/mol. The molecule has 4 rings (SSSR count). The molecule has 3 aromatic rings. The summed E-state index contributed by atoms with van der Waals surface area (Å²) in [6.45, 7) is 4.59. The Morgan fingerprint density at radius 1 is 1.23 bits per heavy atom. The van der Waals surface area contributed by atoms with Gasteiger partial charge in [-0.1, -0.05) is 18.2 Å². The van der Waals surface area contributed by atoms with Gasteiger partial charge in [-0.25, -0.2) is 13.1 Å². The lowest BCUT2D eigenvalue weighted by molar-refractivity contribution is 0.338. The lowest BCUT2D eigenvalue weighted by Gasteiger charge is -2.08. The van der Waals surface area contributed by atoms with Crippen LogP contribution in [0, 0.1) is 6.92 Å². The summed E-state index contributed by atoms with van der Waals surface area (Å²) in [4.78, 5) is 4.57. The summed E-state index contributed by atoms with van der Waals surface area (Å²) >= 11 is 0. The van der Waals surface area contributed by atoms with Crippen molar-refractivity contribution in [1.29, 1.82) is 0 Å². The third kappa shape index (κ3) is 4.46. The first-order chi connectivity index (χ1) is 14.4. The Bertz CT molecular complexity index is 1170. The maximum Gasteiger partial charge on any atom is 0.152 e. The number of nitrogens with zero attached hydrogens (tertiary/aromatic N) is 3. The summed E-state index contributed by atoms with van der Waals surface area (Å²) in [7, 11) is -2.96. The molecule has 0 aliphatic carbocycles. The average molecular weight is 424 g/mol. The second kappa shape index (κ2) is 8.44. The van der Waals surface area contributed by atoms with Gasteiger partial charge in [-0.2, -0.15) is 5.10 Å². The van der Waals surface area contributed by atoms with Gasteiger partial charge in [0.15, 0.2) is 9.84 Å². The van der Waals surface area contributed by atoms with Gasteiger partial charge in [0.05, 0.1) is 29.8 Å². The monoisotopic (exact) mass is 423 g/mol. The van der Waals surface area contributed by atoms with Gasteiger partial charge in [-0.05, 0) is 56.2 Å². The zero-order chi connectivity index (χ0) is 21.1. The van der Waals surface area contributed by atoms with Crippen LogP contribution in [0.15, 0.2) is 59.7 Å². The van der Waals surface area contributed by atoms with E-state index in [9.17, 15) is 8.42 Å². The number of hydrogen-bond donors (Lipinski definition) is 0. The van der Waals surface area contributed by atoms with E-state index in [2.05, 4.69) is 11.1 Å². The fourth-order valence-electron chi connectivity index (χ4n) is 3.61. The van der Waals surface area contributed by atoms with Crippen molar-refractivity contribution in [3.05, 3.63) is 65.9 Å². The molecule has 2 heterocycles. The van der Waals surface area contributed by atoms with E-state index in [-0.39, 0.29) is 17.5 Å². The van der Waals surface area contributed by atoms with Crippen LogP contribution in [0.4, 0.5) is 0 Å². The van der Waals surface area contributed by atoms with Gasteiger partial charge in [0.1, 0.15) is 11.4 Å². The maximum atomic E-state index is 11.8. The van der Waals surface area contributed by atoms with Crippen LogP contribution in [0.25, 0.3) is 16.9 Å². The minimum absolute atomic E-state index is 0.119. The molecule has 30 heavy (non-hydrogen) atoms. The smallest absolute Gasteiger partial charge is 0.152 e. The second-order valence-electron chi connectivity index (χ2n) is 7.46. The van der Waals surface area contributed by atoms with E-state index in [0.29, 0.717) is 13.0 Å². The van der Waals surface area contributed by atoms with Crippen molar-refractivity contribution in [3.8, 4) is 22.7 Å². The van der Waals surface area contributed by atoms with E-state index in [1.165, 1.54) is 0 Å². The summed E-state index contributed by atoms with van der Waals surface area (Å²) in [6, 6.07) is 15.7. The number of rotatable bonds is 6. The van der Waals surface area contributed by atoms with Crippen molar-refractivity contribution in [3.63, 3.8) is 0 Å². The molecule has 2 aromatic carbocycles. The van der Waals surface area contributed by atoms with Crippen LogP contribution in [-0.4, -0.2) is 48.6 Å². The Hall–Kier alpha value is -2.93. The number of aryl methyl sites for hydroxylation is 1. The quantitative estimate of drug-likeness (QED) is 0.565. The molecule has 0 spiro atoms. The van der Waals surface area contributed by atoms with Crippen molar-refractivity contribution in [2.75, 3.05) is 18.1 Å². The van der Waals surface area contributed by atoms with Crippen LogP contribution < -0.4 is 4.74 Å². The Morgan fingerprint density at radius 3 is 2.70 bits per heavy atom. The zero-order valence-corrected chi connectivity index (χ0v) is 18.0. The van der Waals surface area contributed by atoms with Crippen LogP contribution in [0.1, 0.15) is 24.5 Å². The molecule has 0 unspecified atom stereocenters. The number of aliphatic imine (C=N–C) groups is 1. The number of benzene rings is 2. The number of aromatic nitrogens is 2. The van der Waals surface area contributed by atoms with E-state index in [1.807, 2.05) is 67.2 Å². The molecule has 0 amide bonds. The van der Waals surface area contributed by atoms with Gasteiger partial charge in [0, 0.05) is 23.5 Å². The van der Waals surface area contributed by atoms with Crippen LogP contribution in [0.5, 0.6) is 5.75 Å². The number of hydrogen-bond acceptors (Lipinski definition) is 5. The highest BCUT2D eigenvalue weighted by atomic mass is 32.2. The first-order valence-electron chi connectivity index (χ1n) is 10.1. The summed E-state index contributed by atoms with van der Waals surface area (Å²) < 4.78 is 31.0. The topological polar surface area (TPSA) is 73.5 Å². The molecule has 0 saturated carbocycles. The minimum atomic E-state index is -2.96. The minimum Gasteiger partial charge on any atom is -0.494 e. The van der Waals surface area contributed by atoms with Gasteiger partial charge >= 0.3 is 0 Å². The number of para-hydroxylation sites is 1. The van der Waals surface area contributed by atoms with Crippen molar-refractivity contribution < 1.29 is 13.2 Å². The summed E-state index contributed by atoms with van der Waals surface area (Å²) in [5.41, 5.74) is 4.60. The predicted molar refractivity (Wildman–Crippen MR) is 120 cm³/mol. The summed E-state index contributed by atoms with van der Waals surface area (Å²) in [5, 5.41) is 4.81. The molecule has 0 N–H and O–H groups in total. The van der Waals surface area contributed by atoms with E-state index in [4.69, 9.17) is 9.84 Å². The van der Waals surface area contributed by atoms with Gasteiger partial charge in [0.25, 0.3) is 0 Å². The lowest BCUT2D eigenvalue weighted by Crippen LogP contribution is -2.07. The molecule has 6 nitrogen and oxygen atoms in total. The van der Waals surface area contributed by atoms with E-state index in [1.54, 1.807) is 6.21 Å². The molecule has 1 aliphatic heterocycles. The molecule has 1 aromatic heterocycles. The zero-order valence-electron chi connectivity index (χ0n) is 17.2. The van der Waals surface area contributed by atoms with E-state index < -0.39 is 9.84 Å². The Morgan fingerprint density at radius 2 is 2.03 bits per heavy atom. The molecule has 1 atom stereocenters. The second-order valence-corrected chi connectivity index (χ2v) is 9.69. The summed E-state index contributed by atoms with van der Waals surface area (Å²) in [5.74, 6) is 1.19. The van der Waals surface area contributed by atoms with Crippen molar-refractivity contribution in [2.24, 2.45) is 4.99 Å².